The van der Waals surface area contributed by atoms with E-state index >= 15 is 0 Å². The lowest BCUT2D eigenvalue weighted by atomic mass is 9.70. The minimum absolute atomic E-state index is 0.117. The third-order valence-corrected chi connectivity index (χ3v) is 9.78. The Morgan fingerprint density at radius 2 is 1.93 bits per heavy atom. The van der Waals surface area contributed by atoms with Crippen LogP contribution in [-0.2, 0) is 35.2 Å². The Bertz CT molecular complexity index is 1260. The highest BCUT2D eigenvalue weighted by atomic mass is 79.9. The van der Waals surface area contributed by atoms with Crippen LogP contribution in [0.2, 0.25) is 0 Å². The molecule has 0 radical (unpaired) electrons. The maximum absolute atomic E-state index is 14.7. The number of esters is 1. The van der Waals surface area contributed by atoms with Gasteiger partial charge in [-0.1, -0.05) is 72.3 Å². The summed E-state index contributed by atoms with van der Waals surface area (Å²) in [5.41, 5.74) is -0.375. The molecule has 3 aliphatic rings. The Labute approximate surface area is 274 Å². The van der Waals surface area contributed by atoms with Crippen LogP contribution in [0.15, 0.2) is 55.6 Å². The second kappa shape index (κ2) is 15.0. The van der Waals surface area contributed by atoms with Crippen LogP contribution in [0.25, 0.3) is 0 Å². The molecule has 1 aromatic carbocycles. The van der Waals surface area contributed by atoms with Crippen LogP contribution in [0.1, 0.15) is 52.0 Å². The number of amides is 3. The first-order valence-corrected chi connectivity index (χ1v) is 16.7. The molecular weight excluding hydrogens is 642 g/mol. The summed E-state index contributed by atoms with van der Waals surface area (Å²) >= 11 is 3.69. The summed E-state index contributed by atoms with van der Waals surface area (Å²) in [6.07, 6.45) is 3.60. The molecule has 0 aliphatic carbocycles. The highest BCUT2D eigenvalue weighted by molar-refractivity contribution is 9.09. The molecule has 1 spiro atoms. The molecule has 10 nitrogen and oxygen atoms in total. The number of carbonyl (C=O) groups is 4. The number of allylic oxidation sites excluding steroid dienone is 1. The number of ether oxygens (including phenoxy) is 2. The lowest BCUT2D eigenvalue weighted by Gasteiger charge is -2.39. The van der Waals surface area contributed by atoms with Crippen LogP contribution < -0.4 is 5.32 Å². The molecule has 0 aromatic heterocycles. The van der Waals surface area contributed by atoms with E-state index in [1.807, 2.05) is 44.2 Å². The van der Waals surface area contributed by atoms with E-state index in [0.29, 0.717) is 25.8 Å². The highest BCUT2D eigenvalue weighted by Crippen LogP contribution is 2.61. The summed E-state index contributed by atoms with van der Waals surface area (Å²) in [5, 5.41) is 13.3. The number of hydrogen-bond donors (Lipinski definition) is 2. The number of nitrogens with one attached hydrogen (secondary N) is 1. The van der Waals surface area contributed by atoms with E-state index in [2.05, 4.69) is 34.4 Å². The molecule has 0 saturated carbocycles. The van der Waals surface area contributed by atoms with E-state index in [-0.39, 0.29) is 54.6 Å². The zero-order valence-corrected chi connectivity index (χ0v) is 28.0. The fourth-order valence-electron chi connectivity index (χ4n) is 7.09. The Balaban J connectivity index is 1.67. The molecule has 3 saturated heterocycles. The summed E-state index contributed by atoms with van der Waals surface area (Å²) in [6.45, 7) is 13.5. The largest absolute Gasteiger partial charge is 0.460 e. The molecule has 1 unspecified atom stereocenters. The zero-order valence-electron chi connectivity index (χ0n) is 26.4. The number of carbonyl (C=O) groups excluding carboxylic acids is 4. The number of aliphatic hydroxyl groups excluding tert-OH is 1. The van der Waals surface area contributed by atoms with Crippen molar-refractivity contribution in [2.24, 2.45) is 17.8 Å². The molecule has 3 fully saturated rings. The smallest absolute Gasteiger partial charge is 0.312 e. The Morgan fingerprint density at radius 1 is 1.22 bits per heavy atom. The van der Waals surface area contributed by atoms with E-state index in [4.69, 9.17) is 9.47 Å². The third-order valence-electron chi connectivity index (χ3n) is 8.94. The van der Waals surface area contributed by atoms with Crippen molar-refractivity contribution in [2.75, 3.05) is 19.7 Å². The van der Waals surface area contributed by atoms with Crippen molar-refractivity contribution in [1.82, 2.24) is 15.1 Å². The summed E-state index contributed by atoms with van der Waals surface area (Å²) in [7, 11) is 0. The van der Waals surface area contributed by atoms with Crippen LogP contribution >= 0.6 is 15.9 Å². The van der Waals surface area contributed by atoms with Crippen LogP contribution in [-0.4, -0.2) is 93.0 Å². The van der Waals surface area contributed by atoms with Crippen molar-refractivity contribution in [2.45, 2.75) is 87.7 Å². The van der Waals surface area contributed by atoms with Crippen molar-refractivity contribution >= 4 is 39.6 Å². The van der Waals surface area contributed by atoms with Crippen molar-refractivity contribution in [3.05, 3.63) is 61.2 Å². The SMILES string of the molecule is C=CCCC(=O)NC[C@H](C)OC(=O)[C@H]1[C@@H]2O[C@@]3(CC2Br)[C@@H]1C(=O)N([C@@H](CO)CC(C)C)[C@@H]3C(=O)N(CC=C)Cc1ccccc1. The van der Waals surface area contributed by atoms with E-state index in [0.717, 1.165) is 5.56 Å². The summed E-state index contributed by atoms with van der Waals surface area (Å²) < 4.78 is 12.4. The van der Waals surface area contributed by atoms with Gasteiger partial charge in [-0.25, -0.2) is 0 Å². The quantitative estimate of drug-likeness (QED) is 0.155. The first-order valence-electron chi connectivity index (χ1n) is 15.8. The van der Waals surface area contributed by atoms with Crippen LogP contribution in [0.5, 0.6) is 0 Å². The first kappa shape index (κ1) is 34.8. The maximum Gasteiger partial charge on any atom is 0.312 e. The fourth-order valence-corrected chi connectivity index (χ4v) is 8.04. The normalized spacial score (nSPS) is 28.0. The molecule has 2 N–H and O–H groups in total. The first-order chi connectivity index (χ1) is 21.5. The van der Waals surface area contributed by atoms with Gasteiger partial charge in [0.25, 0.3) is 0 Å². The van der Waals surface area contributed by atoms with Crippen molar-refractivity contribution in [3.8, 4) is 0 Å². The highest BCUT2D eigenvalue weighted by Gasteiger charge is 2.77. The molecule has 1 aromatic rings. The van der Waals surface area contributed by atoms with Gasteiger partial charge in [-0.05, 0) is 37.7 Å². The summed E-state index contributed by atoms with van der Waals surface area (Å²) in [4.78, 5) is 57.9. The summed E-state index contributed by atoms with van der Waals surface area (Å²) in [6, 6.07) is 7.86. The lowest BCUT2D eigenvalue weighted by Crippen LogP contribution is -2.59. The van der Waals surface area contributed by atoms with Gasteiger partial charge in [0, 0.05) is 24.3 Å². The number of likely N-dealkylation sites (tertiary alicyclic amines) is 1. The number of nitrogens with zero attached hydrogens (tertiary/aromatic N) is 2. The van der Waals surface area contributed by atoms with Gasteiger partial charge in [-0.15, -0.1) is 13.2 Å². The van der Waals surface area contributed by atoms with Gasteiger partial charge < -0.3 is 29.7 Å². The van der Waals surface area contributed by atoms with Crippen LogP contribution in [0.3, 0.4) is 0 Å². The standard InChI is InChI=1S/C34H46BrN3O7/c1-6-8-14-26(40)36-18-22(5)44-33(43)27-28-31(41)38(24(20-39)16-21(3)4)30(34(28)17-25(35)29(27)45-34)32(42)37(15-7-2)19-23-12-10-9-11-13-23/h6-7,9-13,21-22,24-25,27-30,39H,1-2,8,14-20H2,3-5H3,(H,36,40)/t22-,24+,25?,27+,28-,29+,30+,34-/m0/s1. The van der Waals surface area contributed by atoms with Crippen LogP contribution in [0.4, 0.5) is 0 Å². The summed E-state index contributed by atoms with van der Waals surface area (Å²) in [5.74, 6) is -3.29. The molecule has 4 rings (SSSR count). The minimum atomic E-state index is -1.29. The second-order valence-electron chi connectivity index (χ2n) is 12.7. The Kier molecular flexibility index (Phi) is 11.7. The molecule has 3 heterocycles. The number of aliphatic hydroxyl groups is 1. The molecule has 11 heteroatoms. The Morgan fingerprint density at radius 3 is 2.56 bits per heavy atom. The third kappa shape index (κ3) is 7.20. The number of alkyl halides is 1. The van der Waals surface area contributed by atoms with E-state index in [1.54, 1.807) is 24.0 Å². The number of hydrogen-bond acceptors (Lipinski definition) is 7. The average molecular weight is 689 g/mol. The van der Waals surface area contributed by atoms with Crippen LogP contribution in [0, 0.1) is 17.8 Å². The van der Waals surface area contributed by atoms with Gasteiger partial charge in [0.1, 0.15) is 17.7 Å². The predicted molar refractivity (Wildman–Crippen MR) is 173 cm³/mol. The molecule has 3 aliphatic heterocycles. The molecule has 8 atom stereocenters. The van der Waals surface area contributed by atoms with Gasteiger partial charge in [0.05, 0.1) is 37.1 Å². The molecular formula is C34H46BrN3O7. The van der Waals surface area contributed by atoms with Gasteiger partial charge in [-0.2, -0.15) is 0 Å². The zero-order chi connectivity index (χ0) is 32.9. The Hall–Kier alpha value is -3.02. The van der Waals surface area contributed by atoms with Gasteiger partial charge in [-0.3, -0.25) is 19.2 Å². The maximum atomic E-state index is 14.7. The minimum Gasteiger partial charge on any atom is -0.460 e. The average Bonchev–Trinajstić information content (AvgIpc) is 3.60. The number of benzene rings is 1. The van der Waals surface area contributed by atoms with E-state index in [1.165, 1.54) is 4.90 Å². The van der Waals surface area contributed by atoms with E-state index < -0.39 is 47.7 Å². The van der Waals surface area contributed by atoms with Crippen molar-refractivity contribution in [3.63, 3.8) is 0 Å². The molecule has 45 heavy (non-hydrogen) atoms. The van der Waals surface area contributed by atoms with Crippen molar-refractivity contribution in [1.29, 1.82) is 0 Å². The van der Waals surface area contributed by atoms with E-state index in [9.17, 15) is 24.3 Å². The topological polar surface area (TPSA) is 125 Å². The second-order valence-corrected chi connectivity index (χ2v) is 13.9. The van der Waals surface area contributed by atoms with Crippen molar-refractivity contribution < 1.29 is 33.8 Å². The molecule has 3 amide bonds. The van der Waals surface area contributed by atoms with Gasteiger partial charge >= 0.3 is 5.97 Å². The lowest BCUT2D eigenvalue weighted by molar-refractivity contribution is -0.160. The predicted octanol–water partition coefficient (Wildman–Crippen LogP) is 3.37. The monoisotopic (exact) mass is 687 g/mol. The molecule has 246 valence electrons. The molecule has 2 bridgehead atoms. The van der Waals surface area contributed by atoms with Gasteiger partial charge in [0.15, 0.2) is 0 Å². The van der Waals surface area contributed by atoms with Gasteiger partial charge in [0.2, 0.25) is 17.7 Å². The number of fused-ring (bicyclic) bond motifs is 1. The fraction of sp³-hybridized carbons (Fsp3) is 0.588. The number of rotatable bonds is 16. The number of halogens is 1.